The van der Waals surface area contributed by atoms with E-state index in [2.05, 4.69) is 15.3 Å². The maximum atomic E-state index is 8.98. The van der Waals surface area contributed by atoms with Crippen molar-refractivity contribution in [2.45, 2.75) is 19.3 Å². The summed E-state index contributed by atoms with van der Waals surface area (Å²) in [7, 11) is 1.52. The molecule has 1 aliphatic carbocycles. The van der Waals surface area contributed by atoms with Crippen molar-refractivity contribution in [3.63, 3.8) is 0 Å². The fourth-order valence-electron chi connectivity index (χ4n) is 1.88. The van der Waals surface area contributed by atoms with Gasteiger partial charge >= 0.3 is 0 Å². The third-order valence-corrected chi connectivity index (χ3v) is 3.27. The van der Waals surface area contributed by atoms with E-state index >= 15 is 0 Å². The summed E-state index contributed by atoms with van der Waals surface area (Å²) in [5.41, 5.74) is 6.50. The van der Waals surface area contributed by atoms with Crippen LogP contribution in [0.25, 0.3) is 0 Å². The molecule has 2 rings (SSSR count). The average molecular weight is 238 g/mol. The number of aromatic nitrogens is 2. The number of hydrogen-bond donors (Lipinski definition) is 3. The second-order valence-corrected chi connectivity index (χ2v) is 4.47. The highest BCUT2D eigenvalue weighted by Gasteiger charge is 2.41. The third kappa shape index (κ3) is 2.58. The van der Waals surface area contributed by atoms with Crippen LogP contribution in [0.5, 0.6) is 5.88 Å². The normalized spacial score (nSPS) is 16.6. The summed E-state index contributed by atoms with van der Waals surface area (Å²) < 4.78 is 5.02. The van der Waals surface area contributed by atoms with Crippen molar-refractivity contribution in [2.75, 3.05) is 31.3 Å². The molecule has 94 valence electrons. The van der Waals surface area contributed by atoms with E-state index < -0.39 is 0 Å². The van der Waals surface area contributed by atoms with Gasteiger partial charge < -0.3 is 20.9 Å². The first-order valence-corrected chi connectivity index (χ1v) is 5.70. The molecule has 1 aromatic rings. The predicted molar refractivity (Wildman–Crippen MR) is 64.9 cm³/mol. The Kier molecular flexibility index (Phi) is 3.33. The number of methoxy groups -OCH3 is 1. The Labute approximate surface area is 100 Å². The van der Waals surface area contributed by atoms with Crippen LogP contribution in [-0.2, 0) is 0 Å². The van der Waals surface area contributed by atoms with Crippen LogP contribution in [0.4, 0.5) is 11.5 Å². The van der Waals surface area contributed by atoms with E-state index in [9.17, 15) is 0 Å². The molecular weight excluding hydrogens is 220 g/mol. The van der Waals surface area contributed by atoms with Gasteiger partial charge in [0.05, 0.1) is 7.11 Å². The maximum absolute atomic E-state index is 8.98. The molecule has 1 aliphatic rings. The number of ether oxygens (including phenoxy) is 1. The van der Waals surface area contributed by atoms with E-state index in [-0.39, 0.29) is 12.0 Å². The van der Waals surface area contributed by atoms with Gasteiger partial charge in [0.15, 0.2) is 5.82 Å². The predicted octanol–water partition coefficient (Wildman–Crippen LogP) is 0.642. The van der Waals surface area contributed by atoms with Crippen LogP contribution in [0, 0.1) is 5.41 Å². The van der Waals surface area contributed by atoms with Gasteiger partial charge in [0.1, 0.15) is 12.0 Å². The van der Waals surface area contributed by atoms with Crippen LogP contribution in [0.15, 0.2) is 6.33 Å². The van der Waals surface area contributed by atoms with Crippen LogP contribution >= 0.6 is 0 Å². The molecule has 17 heavy (non-hydrogen) atoms. The second-order valence-electron chi connectivity index (χ2n) is 4.47. The molecule has 0 spiro atoms. The SMILES string of the molecule is COc1ncnc(NCC2(CCO)CC2)c1N. The summed E-state index contributed by atoms with van der Waals surface area (Å²) in [4.78, 5) is 8.00. The van der Waals surface area contributed by atoms with Crippen molar-refractivity contribution < 1.29 is 9.84 Å². The molecule has 1 saturated carbocycles. The molecule has 6 nitrogen and oxygen atoms in total. The van der Waals surface area contributed by atoms with Crippen LogP contribution in [0.3, 0.4) is 0 Å². The summed E-state index contributed by atoms with van der Waals surface area (Å²) in [6.07, 6.45) is 4.52. The summed E-state index contributed by atoms with van der Waals surface area (Å²) in [5, 5.41) is 12.2. The van der Waals surface area contributed by atoms with Gasteiger partial charge in [-0.05, 0) is 24.7 Å². The standard InChI is InChI=1S/C11H18N4O2/c1-17-10-8(12)9(14-7-15-10)13-6-11(2-3-11)4-5-16/h7,16H,2-6,12H2,1H3,(H,13,14,15). The quantitative estimate of drug-likeness (QED) is 0.673. The number of nitrogens with one attached hydrogen (secondary N) is 1. The first kappa shape index (κ1) is 11.9. The van der Waals surface area contributed by atoms with E-state index in [1.54, 1.807) is 0 Å². The highest BCUT2D eigenvalue weighted by molar-refractivity contribution is 5.66. The Morgan fingerprint density at radius 1 is 1.53 bits per heavy atom. The van der Waals surface area contributed by atoms with Gasteiger partial charge in [-0.1, -0.05) is 0 Å². The minimum atomic E-state index is 0.222. The smallest absolute Gasteiger partial charge is 0.242 e. The first-order valence-electron chi connectivity index (χ1n) is 5.70. The Bertz CT molecular complexity index is 393. The van der Waals surface area contributed by atoms with Crippen molar-refractivity contribution in [3.8, 4) is 5.88 Å². The summed E-state index contributed by atoms with van der Waals surface area (Å²) >= 11 is 0. The molecule has 0 aromatic carbocycles. The molecule has 6 heteroatoms. The van der Waals surface area contributed by atoms with E-state index in [0.29, 0.717) is 17.4 Å². The molecule has 4 N–H and O–H groups in total. The van der Waals surface area contributed by atoms with Gasteiger partial charge in [-0.2, -0.15) is 4.98 Å². The van der Waals surface area contributed by atoms with E-state index in [4.69, 9.17) is 15.6 Å². The number of aliphatic hydroxyl groups excluding tert-OH is 1. The zero-order valence-electron chi connectivity index (χ0n) is 9.94. The summed E-state index contributed by atoms with van der Waals surface area (Å²) in [6, 6.07) is 0. The van der Waals surface area contributed by atoms with Crippen LogP contribution in [-0.4, -0.2) is 35.3 Å². The molecule has 0 bridgehead atoms. The van der Waals surface area contributed by atoms with Crippen molar-refractivity contribution in [3.05, 3.63) is 6.33 Å². The Morgan fingerprint density at radius 2 is 2.29 bits per heavy atom. The number of aliphatic hydroxyl groups is 1. The zero-order valence-corrected chi connectivity index (χ0v) is 9.94. The fourth-order valence-corrected chi connectivity index (χ4v) is 1.88. The molecule has 0 aliphatic heterocycles. The lowest BCUT2D eigenvalue weighted by Crippen LogP contribution is -2.18. The number of nitrogens with zero attached hydrogens (tertiary/aromatic N) is 2. The van der Waals surface area contributed by atoms with E-state index in [1.807, 2.05) is 0 Å². The van der Waals surface area contributed by atoms with Gasteiger partial charge in [0.2, 0.25) is 5.88 Å². The maximum Gasteiger partial charge on any atom is 0.242 e. The molecular formula is C11H18N4O2. The van der Waals surface area contributed by atoms with Gasteiger partial charge in [-0.15, -0.1) is 0 Å². The average Bonchev–Trinajstić information content (AvgIpc) is 3.09. The van der Waals surface area contributed by atoms with Crippen molar-refractivity contribution in [2.24, 2.45) is 5.41 Å². The molecule has 1 aromatic heterocycles. The van der Waals surface area contributed by atoms with Crippen molar-refractivity contribution >= 4 is 11.5 Å². The van der Waals surface area contributed by atoms with Gasteiger partial charge in [-0.3, -0.25) is 0 Å². The molecule has 0 unspecified atom stereocenters. The zero-order chi connectivity index (χ0) is 12.3. The van der Waals surface area contributed by atoms with Gasteiger partial charge in [0.25, 0.3) is 0 Å². The minimum Gasteiger partial charge on any atom is -0.479 e. The fraction of sp³-hybridized carbons (Fsp3) is 0.636. The molecule has 0 saturated heterocycles. The largest absolute Gasteiger partial charge is 0.479 e. The topological polar surface area (TPSA) is 93.3 Å². The minimum absolute atomic E-state index is 0.222. The van der Waals surface area contributed by atoms with Crippen LogP contribution in [0.2, 0.25) is 0 Å². The van der Waals surface area contributed by atoms with Crippen LogP contribution in [0.1, 0.15) is 19.3 Å². The highest BCUT2D eigenvalue weighted by Crippen LogP contribution is 2.48. The summed E-state index contributed by atoms with van der Waals surface area (Å²) in [6.45, 7) is 1.00. The number of anilines is 2. The Hall–Kier alpha value is -1.56. The number of nitrogens with two attached hydrogens (primary N) is 1. The van der Waals surface area contributed by atoms with E-state index in [0.717, 1.165) is 25.8 Å². The highest BCUT2D eigenvalue weighted by atomic mass is 16.5. The molecule has 1 heterocycles. The van der Waals surface area contributed by atoms with Crippen LogP contribution < -0.4 is 15.8 Å². The van der Waals surface area contributed by atoms with Crippen molar-refractivity contribution in [1.29, 1.82) is 0 Å². The monoisotopic (exact) mass is 238 g/mol. The first-order chi connectivity index (χ1) is 8.21. The Balaban J connectivity index is 1.99. The number of rotatable bonds is 6. The van der Waals surface area contributed by atoms with Gasteiger partial charge in [0, 0.05) is 13.2 Å². The second kappa shape index (κ2) is 4.75. The number of hydrogen-bond acceptors (Lipinski definition) is 6. The lowest BCUT2D eigenvalue weighted by atomic mass is 10.0. The van der Waals surface area contributed by atoms with Crippen molar-refractivity contribution in [1.82, 2.24) is 9.97 Å². The molecule has 0 atom stereocenters. The third-order valence-electron chi connectivity index (χ3n) is 3.27. The molecule has 0 amide bonds. The van der Waals surface area contributed by atoms with Gasteiger partial charge in [-0.25, -0.2) is 4.98 Å². The Morgan fingerprint density at radius 3 is 2.88 bits per heavy atom. The lowest BCUT2D eigenvalue weighted by Gasteiger charge is -2.16. The number of nitrogen functional groups attached to an aromatic ring is 1. The molecule has 1 fully saturated rings. The van der Waals surface area contributed by atoms with E-state index in [1.165, 1.54) is 13.4 Å². The lowest BCUT2D eigenvalue weighted by molar-refractivity contribution is 0.253. The summed E-state index contributed by atoms with van der Waals surface area (Å²) in [5.74, 6) is 0.982. The molecule has 0 radical (unpaired) electrons.